The zero-order valence-corrected chi connectivity index (χ0v) is 10.1. The smallest absolute Gasteiger partial charge is 0.234 e. The maximum absolute atomic E-state index is 5.58. The molecule has 17 heavy (non-hydrogen) atoms. The molecule has 0 radical (unpaired) electrons. The molecule has 4 nitrogen and oxygen atoms in total. The topological polar surface area (TPSA) is 51.0 Å². The number of aromatic nitrogens is 2. The standard InChI is InChI=1S/C13H19N3O/c1-2-10-7-14-8-13(10,5-1)12-15-11(16-17-12)6-9-3-4-9/h9-10,14H,1-8H2/t10-,13+/m1/s1. The van der Waals surface area contributed by atoms with Crippen molar-refractivity contribution in [1.29, 1.82) is 0 Å². The van der Waals surface area contributed by atoms with Crippen molar-refractivity contribution in [2.45, 2.75) is 43.9 Å². The van der Waals surface area contributed by atoms with E-state index in [1.54, 1.807) is 0 Å². The second-order valence-corrected chi connectivity index (χ2v) is 6.04. The fourth-order valence-corrected chi connectivity index (χ4v) is 3.62. The van der Waals surface area contributed by atoms with Crippen LogP contribution in [0.1, 0.15) is 43.8 Å². The SMILES string of the molecule is C1C[C@@H]2CNC[C@@]2(c2nc(CC3CC3)no2)C1. The normalized spacial score (nSPS) is 36.4. The lowest BCUT2D eigenvalue weighted by Gasteiger charge is -2.22. The Morgan fingerprint density at radius 1 is 1.35 bits per heavy atom. The van der Waals surface area contributed by atoms with E-state index in [1.807, 2.05) is 0 Å². The van der Waals surface area contributed by atoms with Gasteiger partial charge in [-0.05, 0) is 44.1 Å². The van der Waals surface area contributed by atoms with E-state index in [9.17, 15) is 0 Å². The van der Waals surface area contributed by atoms with E-state index >= 15 is 0 Å². The third-order valence-electron chi connectivity index (χ3n) is 4.85. The molecule has 92 valence electrons. The van der Waals surface area contributed by atoms with Gasteiger partial charge in [-0.15, -0.1) is 0 Å². The minimum atomic E-state index is 0.175. The highest BCUT2D eigenvalue weighted by Crippen LogP contribution is 2.47. The highest BCUT2D eigenvalue weighted by atomic mass is 16.5. The third-order valence-corrected chi connectivity index (χ3v) is 4.85. The monoisotopic (exact) mass is 233 g/mol. The van der Waals surface area contributed by atoms with E-state index in [0.717, 1.165) is 43.1 Å². The lowest BCUT2D eigenvalue weighted by atomic mass is 9.80. The maximum Gasteiger partial charge on any atom is 0.234 e. The summed E-state index contributed by atoms with van der Waals surface area (Å²) in [5.74, 6) is 3.41. The van der Waals surface area contributed by atoms with Gasteiger partial charge in [0.2, 0.25) is 5.89 Å². The third kappa shape index (κ3) is 1.53. The van der Waals surface area contributed by atoms with Gasteiger partial charge in [0.05, 0.1) is 5.41 Å². The lowest BCUT2D eigenvalue weighted by molar-refractivity contribution is 0.264. The molecule has 0 bridgehead atoms. The van der Waals surface area contributed by atoms with Crippen molar-refractivity contribution in [3.63, 3.8) is 0 Å². The van der Waals surface area contributed by atoms with Crippen molar-refractivity contribution in [3.8, 4) is 0 Å². The Kier molecular flexibility index (Phi) is 2.10. The highest BCUT2D eigenvalue weighted by Gasteiger charge is 2.51. The van der Waals surface area contributed by atoms with Crippen molar-refractivity contribution >= 4 is 0 Å². The number of rotatable bonds is 3. The van der Waals surface area contributed by atoms with Crippen molar-refractivity contribution in [1.82, 2.24) is 15.5 Å². The quantitative estimate of drug-likeness (QED) is 0.862. The van der Waals surface area contributed by atoms with Crippen LogP contribution in [-0.2, 0) is 11.8 Å². The molecule has 1 N–H and O–H groups in total. The minimum absolute atomic E-state index is 0.175. The van der Waals surface area contributed by atoms with E-state index in [2.05, 4.69) is 15.5 Å². The second kappa shape index (κ2) is 3.55. The molecule has 0 spiro atoms. The summed E-state index contributed by atoms with van der Waals surface area (Å²) in [6.45, 7) is 2.16. The Hall–Kier alpha value is -0.900. The Balaban J connectivity index is 1.61. The molecule has 1 aromatic rings. The molecule has 3 aliphatic rings. The van der Waals surface area contributed by atoms with Crippen LogP contribution in [0.15, 0.2) is 4.52 Å². The molecule has 2 aliphatic carbocycles. The Bertz CT molecular complexity index is 414. The van der Waals surface area contributed by atoms with Gasteiger partial charge in [-0.1, -0.05) is 11.6 Å². The van der Waals surface area contributed by atoms with Gasteiger partial charge in [0.1, 0.15) is 0 Å². The first-order valence-electron chi connectivity index (χ1n) is 6.91. The molecular weight excluding hydrogens is 214 g/mol. The summed E-state index contributed by atoms with van der Waals surface area (Å²) in [6.07, 6.45) is 7.56. The van der Waals surface area contributed by atoms with Crippen LogP contribution in [0.3, 0.4) is 0 Å². The minimum Gasteiger partial charge on any atom is -0.339 e. The molecule has 4 heteroatoms. The second-order valence-electron chi connectivity index (χ2n) is 6.04. The summed E-state index contributed by atoms with van der Waals surface area (Å²) in [5.41, 5.74) is 0.175. The first-order valence-corrected chi connectivity index (χ1v) is 6.91. The molecule has 1 aromatic heterocycles. The molecule has 2 heterocycles. The number of hydrogen-bond acceptors (Lipinski definition) is 4. The average Bonchev–Trinajstić information content (AvgIpc) is 2.76. The predicted octanol–water partition coefficient (Wildman–Crippen LogP) is 1.66. The van der Waals surface area contributed by atoms with Crippen molar-refractivity contribution in [2.75, 3.05) is 13.1 Å². The van der Waals surface area contributed by atoms with E-state index in [0.29, 0.717) is 0 Å². The maximum atomic E-state index is 5.58. The summed E-state index contributed by atoms with van der Waals surface area (Å²) < 4.78 is 5.58. The highest BCUT2D eigenvalue weighted by molar-refractivity contribution is 5.16. The van der Waals surface area contributed by atoms with Gasteiger partial charge in [-0.2, -0.15) is 4.98 Å². The first kappa shape index (κ1) is 10.1. The lowest BCUT2D eigenvalue weighted by Crippen LogP contribution is -2.31. The molecule has 1 saturated heterocycles. The van der Waals surface area contributed by atoms with E-state index in [4.69, 9.17) is 4.52 Å². The molecule has 2 atom stereocenters. The number of nitrogens with one attached hydrogen (secondary N) is 1. The number of nitrogens with zero attached hydrogens (tertiary/aromatic N) is 2. The summed E-state index contributed by atoms with van der Waals surface area (Å²) >= 11 is 0. The van der Waals surface area contributed by atoms with E-state index in [-0.39, 0.29) is 5.41 Å². The van der Waals surface area contributed by atoms with Crippen LogP contribution in [0, 0.1) is 11.8 Å². The summed E-state index contributed by atoms with van der Waals surface area (Å²) in [7, 11) is 0. The van der Waals surface area contributed by atoms with Crippen LogP contribution >= 0.6 is 0 Å². The van der Waals surface area contributed by atoms with Crippen LogP contribution in [0.5, 0.6) is 0 Å². The fraction of sp³-hybridized carbons (Fsp3) is 0.846. The van der Waals surface area contributed by atoms with Gasteiger partial charge in [0, 0.05) is 13.0 Å². The summed E-state index contributed by atoms with van der Waals surface area (Å²) in [5, 5.41) is 7.68. The van der Waals surface area contributed by atoms with Gasteiger partial charge < -0.3 is 9.84 Å². The Morgan fingerprint density at radius 2 is 2.29 bits per heavy atom. The van der Waals surface area contributed by atoms with Crippen LogP contribution in [0.2, 0.25) is 0 Å². The van der Waals surface area contributed by atoms with Gasteiger partial charge in [0.15, 0.2) is 5.82 Å². The van der Waals surface area contributed by atoms with Gasteiger partial charge >= 0.3 is 0 Å². The predicted molar refractivity (Wildman–Crippen MR) is 62.6 cm³/mol. The zero-order valence-electron chi connectivity index (χ0n) is 10.1. The van der Waals surface area contributed by atoms with Crippen LogP contribution in [0.4, 0.5) is 0 Å². The molecule has 2 saturated carbocycles. The van der Waals surface area contributed by atoms with Gasteiger partial charge in [-0.25, -0.2) is 0 Å². The van der Waals surface area contributed by atoms with Crippen molar-refractivity contribution in [3.05, 3.63) is 11.7 Å². The molecule has 0 unspecified atom stereocenters. The van der Waals surface area contributed by atoms with E-state index in [1.165, 1.54) is 32.1 Å². The first-order chi connectivity index (χ1) is 8.37. The summed E-state index contributed by atoms with van der Waals surface area (Å²) in [4.78, 5) is 4.69. The van der Waals surface area contributed by atoms with Crippen molar-refractivity contribution < 1.29 is 4.52 Å². The largest absolute Gasteiger partial charge is 0.339 e. The Labute approximate surface area is 101 Å². The Morgan fingerprint density at radius 3 is 3.18 bits per heavy atom. The molecule has 0 amide bonds. The van der Waals surface area contributed by atoms with Gasteiger partial charge in [0.25, 0.3) is 0 Å². The van der Waals surface area contributed by atoms with E-state index < -0.39 is 0 Å². The number of fused-ring (bicyclic) bond motifs is 1. The van der Waals surface area contributed by atoms with Crippen LogP contribution in [0.25, 0.3) is 0 Å². The fourth-order valence-electron chi connectivity index (χ4n) is 3.62. The molecule has 0 aromatic carbocycles. The van der Waals surface area contributed by atoms with Gasteiger partial charge in [-0.3, -0.25) is 0 Å². The number of hydrogen-bond donors (Lipinski definition) is 1. The summed E-state index contributed by atoms with van der Waals surface area (Å²) in [6, 6.07) is 0. The molecular formula is C13H19N3O. The average molecular weight is 233 g/mol. The van der Waals surface area contributed by atoms with Crippen molar-refractivity contribution in [2.24, 2.45) is 11.8 Å². The van der Waals surface area contributed by atoms with Crippen LogP contribution < -0.4 is 5.32 Å². The van der Waals surface area contributed by atoms with Crippen LogP contribution in [-0.4, -0.2) is 23.2 Å². The molecule has 3 fully saturated rings. The molecule has 1 aliphatic heterocycles. The molecule has 4 rings (SSSR count). The zero-order chi connectivity index (χ0) is 11.3.